The summed E-state index contributed by atoms with van der Waals surface area (Å²) >= 11 is 5.80. The van der Waals surface area contributed by atoms with Crippen LogP contribution in [0.4, 0.5) is 5.69 Å². The van der Waals surface area contributed by atoms with E-state index in [1.54, 1.807) is 0 Å². The average Bonchev–Trinajstić information content (AvgIpc) is 2.46. The maximum atomic E-state index is 12.1. The van der Waals surface area contributed by atoms with Crippen molar-refractivity contribution >= 4 is 23.2 Å². The Balaban J connectivity index is 2.45. The monoisotopic (exact) mass is 312 g/mol. The van der Waals surface area contributed by atoms with Crippen LogP contribution in [0, 0.1) is 0 Å². The molecular weight excluding hydrogens is 288 g/mol. The number of nitrogen functional groups attached to an aromatic ring is 1. The van der Waals surface area contributed by atoms with E-state index in [0.29, 0.717) is 11.3 Å². The van der Waals surface area contributed by atoms with Gasteiger partial charge < -0.3 is 16.0 Å². The fraction of sp³-hybridized carbons (Fsp3) is 0.600. The van der Waals surface area contributed by atoms with Crippen LogP contribution in [0.2, 0.25) is 5.15 Å². The van der Waals surface area contributed by atoms with E-state index < -0.39 is 0 Å². The number of nitrogens with zero attached hydrogens (tertiary/aromatic N) is 2. The minimum Gasteiger partial charge on any atom is -0.397 e. The van der Waals surface area contributed by atoms with Crippen LogP contribution in [-0.2, 0) is 0 Å². The molecule has 0 aliphatic rings. The smallest absolute Gasteiger partial charge is 0.253 e. The molecule has 0 fully saturated rings. The van der Waals surface area contributed by atoms with Crippen molar-refractivity contribution in [1.82, 2.24) is 15.2 Å². The predicted molar refractivity (Wildman–Crippen MR) is 87.6 cm³/mol. The number of nitrogens with two attached hydrogens (primary N) is 1. The third kappa shape index (κ3) is 5.89. The molecule has 1 amide bonds. The van der Waals surface area contributed by atoms with E-state index in [1.807, 2.05) is 6.92 Å². The molecule has 1 aromatic heterocycles. The molecule has 1 rings (SSSR count). The third-order valence-corrected chi connectivity index (χ3v) is 3.74. The molecule has 1 atom stereocenters. The number of aromatic nitrogens is 1. The number of halogens is 1. The molecule has 0 saturated heterocycles. The van der Waals surface area contributed by atoms with Crippen LogP contribution >= 0.6 is 11.6 Å². The van der Waals surface area contributed by atoms with Gasteiger partial charge in [0, 0.05) is 6.04 Å². The molecule has 0 radical (unpaired) electrons. The molecule has 0 aromatic carbocycles. The highest BCUT2D eigenvalue weighted by molar-refractivity contribution is 6.29. The van der Waals surface area contributed by atoms with E-state index in [9.17, 15) is 4.79 Å². The van der Waals surface area contributed by atoms with Gasteiger partial charge in [-0.25, -0.2) is 4.98 Å². The van der Waals surface area contributed by atoms with Gasteiger partial charge in [0.1, 0.15) is 5.15 Å². The second-order valence-corrected chi connectivity index (χ2v) is 5.53. The topological polar surface area (TPSA) is 71.2 Å². The molecule has 1 heterocycles. The Hall–Kier alpha value is -1.33. The molecule has 6 heteroatoms. The number of nitrogens with one attached hydrogen (secondary N) is 1. The van der Waals surface area contributed by atoms with E-state index in [1.165, 1.54) is 12.3 Å². The molecule has 0 aliphatic carbocycles. The van der Waals surface area contributed by atoms with Crippen LogP contribution < -0.4 is 11.1 Å². The van der Waals surface area contributed by atoms with E-state index in [4.69, 9.17) is 17.3 Å². The molecule has 0 saturated carbocycles. The van der Waals surface area contributed by atoms with Crippen LogP contribution in [0.25, 0.3) is 0 Å². The number of anilines is 1. The van der Waals surface area contributed by atoms with Gasteiger partial charge in [0.25, 0.3) is 5.91 Å². The van der Waals surface area contributed by atoms with Crippen molar-refractivity contribution in [3.8, 4) is 0 Å². The Morgan fingerprint density at radius 1 is 1.48 bits per heavy atom. The third-order valence-electron chi connectivity index (χ3n) is 3.53. The van der Waals surface area contributed by atoms with Gasteiger partial charge in [-0.05, 0) is 45.5 Å². The lowest BCUT2D eigenvalue weighted by atomic mass is 10.1. The average molecular weight is 313 g/mol. The highest BCUT2D eigenvalue weighted by Gasteiger charge is 2.13. The summed E-state index contributed by atoms with van der Waals surface area (Å²) in [5.41, 5.74) is 6.47. The van der Waals surface area contributed by atoms with Crippen molar-refractivity contribution in [2.75, 3.05) is 25.4 Å². The van der Waals surface area contributed by atoms with Crippen LogP contribution in [-0.4, -0.2) is 41.5 Å². The zero-order chi connectivity index (χ0) is 15.8. The lowest BCUT2D eigenvalue weighted by Gasteiger charge is -2.20. The van der Waals surface area contributed by atoms with Crippen molar-refractivity contribution in [2.24, 2.45) is 0 Å². The maximum absolute atomic E-state index is 12.1. The fourth-order valence-corrected chi connectivity index (χ4v) is 2.33. The molecule has 0 aliphatic heterocycles. The molecule has 0 bridgehead atoms. The molecule has 5 nitrogen and oxygen atoms in total. The van der Waals surface area contributed by atoms with Crippen LogP contribution in [0.5, 0.6) is 0 Å². The van der Waals surface area contributed by atoms with Gasteiger partial charge in [-0.15, -0.1) is 0 Å². The Kier molecular flexibility index (Phi) is 7.47. The van der Waals surface area contributed by atoms with Crippen molar-refractivity contribution in [1.29, 1.82) is 0 Å². The van der Waals surface area contributed by atoms with Gasteiger partial charge in [-0.3, -0.25) is 4.79 Å². The maximum Gasteiger partial charge on any atom is 0.253 e. The second-order valence-electron chi connectivity index (χ2n) is 5.14. The standard InChI is InChI=1S/C15H25ClN4O/c1-4-20(5-2)8-6-7-11(3)19-15(21)12-9-14(16)18-10-13(12)17/h9-11H,4-8,17H2,1-3H3,(H,19,21). The van der Waals surface area contributed by atoms with Crippen LogP contribution in [0.15, 0.2) is 12.3 Å². The normalized spacial score (nSPS) is 12.4. The Bertz CT molecular complexity index is 463. The first-order chi connectivity index (χ1) is 9.97. The Labute approximate surface area is 131 Å². The van der Waals surface area contributed by atoms with Crippen LogP contribution in [0.1, 0.15) is 44.0 Å². The lowest BCUT2D eigenvalue weighted by molar-refractivity contribution is 0.0938. The summed E-state index contributed by atoms with van der Waals surface area (Å²) in [5, 5.41) is 3.22. The van der Waals surface area contributed by atoms with Crippen LogP contribution in [0.3, 0.4) is 0 Å². The SMILES string of the molecule is CCN(CC)CCCC(C)NC(=O)c1cc(Cl)ncc1N. The molecule has 0 spiro atoms. The molecule has 118 valence electrons. The summed E-state index contributed by atoms with van der Waals surface area (Å²) in [7, 11) is 0. The van der Waals surface area contributed by atoms with E-state index in [-0.39, 0.29) is 17.1 Å². The minimum atomic E-state index is -0.202. The summed E-state index contributed by atoms with van der Waals surface area (Å²) in [6.07, 6.45) is 3.39. The Morgan fingerprint density at radius 2 is 2.14 bits per heavy atom. The largest absolute Gasteiger partial charge is 0.397 e. The summed E-state index contributed by atoms with van der Waals surface area (Å²) in [5.74, 6) is -0.202. The van der Waals surface area contributed by atoms with Crippen molar-refractivity contribution < 1.29 is 4.79 Å². The molecule has 1 unspecified atom stereocenters. The fourth-order valence-electron chi connectivity index (χ4n) is 2.17. The molecule has 21 heavy (non-hydrogen) atoms. The molecule has 1 aromatic rings. The van der Waals surface area contributed by atoms with Crippen molar-refractivity contribution in [3.05, 3.63) is 23.0 Å². The summed E-state index contributed by atoms with van der Waals surface area (Å²) < 4.78 is 0. The number of amides is 1. The number of pyridine rings is 1. The van der Waals surface area contributed by atoms with E-state index >= 15 is 0 Å². The first-order valence-electron chi connectivity index (χ1n) is 7.42. The van der Waals surface area contributed by atoms with Gasteiger partial charge in [-0.1, -0.05) is 25.4 Å². The quantitative estimate of drug-likeness (QED) is 0.724. The van der Waals surface area contributed by atoms with E-state index in [0.717, 1.165) is 32.5 Å². The van der Waals surface area contributed by atoms with Gasteiger partial charge >= 0.3 is 0 Å². The number of carbonyl (C=O) groups is 1. The number of rotatable bonds is 8. The first kappa shape index (κ1) is 17.7. The highest BCUT2D eigenvalue weighted by atomic mass is 35.5. The second kappa shape index (κ2) is 8.85. The number of hydrogen-bond acceptors (Lipinski definition) is 4. The predicted octanol–water partition coefficient (Wildman–Crippen LogP) is 2.56. The Morgan fingerprint density at radius 3 is 2.76 bits per heavy atom. The van der Waals surface area contributed by atoms with Gasteiger partial charge in [0.05, 0.1) is 17.4 Å². The molecular formula is C15H25ClN4O. The lowest BCUT2D eigenvalue weighted by Crippen LogP contribution is -2.34. The van der Waals surface area contributed by atoms with Crippen molar-refractivity contribution in [3.63, 3.8) is 0 Å². The highest BCUT2D eigenvalue weighted by Crippen LogP contribution is 2.15. The summed E-state index contributed by atoms with van der Waals surface area (Å²) in [6.45, 7) is 9.48. The van der Waals surface area contributed by atoms with Gasteiger partial charge in [0.2, 0.25) is 0 Å². The van der Waals surface area contributed by atoms with Gasteiger partial charge in [0.15, 0.2) is 0 Å². The zero-order valence-electron chi connectivity index (χ0n) is 13.0. The van der Waals surface area contributed by atoms with E-state index in [2.05, 4.69) is 29.0 Å². The first-order valence-corrected chi connectivity index (χ1v) is 7.79. The minimum absolute atomic E-state index is 0.0967. The number of carbonyl (C=O) groups excluding carboxylic acids is 1. The summed E-state index contributed by atoms with van der Waals surface area (Å²) in [6, 6.07) is 1.59. The summed E-state index contributed by atoms with van der Waals surface area (Å²) in [4.78, 5) is 18.4. The van der Waals surface area contributed by atoms with Gasteiger partial charge in [-0.2, -0.15) is 0 Å². The van der Waals surface area contributed by atoms with Crippen molar-refractivity contribution in [2.45, 2.75) is 39.7 Å². The zero-order valence-corrected chi connectivity index (χ0v) is 13.8. The molecule has 3 N–H and O–H groups in total. The number of hydrogen-bond donors (Lipinski definition) is 2.